The molecule has 0 atom stereocenters. The minimum Gasteiger partial charge on any atom is -0.494 e. The first kappa shape index (κ1) is 16.5. The number of nitrogens with one attached hydrogen (secondary N) is 1. The summed E-state index contributed by atoms with van der Waals surface area (Å²) in [6.07, 6.45) is 3.64. The van der Waals surface area contributed by atoms with Gasteiger partial charge in [0.2, 0.25) is 4.77 Å². The van der Waals surface area contributed by atoms with Gasteiger partial charge < -0.3 is 9.72 Å². The second-order valence-corrected chi connectivity index (χ2v) is 6.17. The van der Waals surface area contributed by atoms with E-state index < -0.39 is 0 Å². The molecule has 0 radical (unpaired) electrons. The van der Waals surface area contributed by atoms with E-state index in [1.165, 1.54) is 12.1 Å². The molecule has 4 aromatic rings. The number of aromatic nitrogens is 3. The lowest BCUT2D eigenvalue weighted by molar-refractivity contribution is 0.340. The highest BCUT2D eigenvalue weighted by Crippen LogP contribution is 2.28. The van der Waals surface area contributed by atoms with Crippen molar-refractivity contribution >= 4 is 17.9 Å². The molecule has 0 fully saturated rings. The zero-order valence-corrected chi connectivity index (χ0v) is 14.9. The van der Waals surface area contributed by atoms with Crippen molar-refractivity contribution in [3.63, 3.8) is 0 Å². The summed E-state index contributed by atoms with van der Waals surface area (Å²) in [5, 5.41) is 0. The average Bonchev–Trinajstić information content (AvgIpc) is 3.10. The first-order valence-electron chi connectivity index (χ1n) is 8.25. The van der Waals surface area contributed by atoms with E-state index in [4.69, 9.17) is 17.0 Å². The lowest BCUT2D eigenvalue weighted by Crippen LogP contribution is -1.92. The summed E-state index contributed by atoms with van der Waals surface area (Å²) in [5.41, 5.74) is 4.47. The fourth-order valence-corrected chi connectivity index (χ4v) is 3.09. The molecule has 0 aliphatic rings. The van der Waals surface area contributed by atoms with E-state index in [2.05, 4.69) is 9.97 Å². The summed E-state index contributed by atoms with van der Waals surface area (Å²) >= 11 is 5.35. The van der Waals surface area contributed by atoms with Crippen LogP contribution in [-0.2, 0) is 0 Å². The van der Waals surface area contributed by atoms with E-state index in [1.807, 2.05) is 41.8 Å². The molecule has 4 rings (SSSR count). The molecule has 0 saturated heterocycles. The van der Waals surface area contributed by atoms with Crippen molar-refractivity contribution in [3.8, 4) is 28.1 Å². The van der Waals surface area contributed by atoms with Gasteiger partial charge in [0.25, 0.3) is 0 Å². The Morgan fingerprint density at radius 3 is 2.46 bits per heavy atom. The maximum Gasteiger partial charge on any atom is 0.205 e. The molecule has 0 aliphatic carbocycles. The monoisotopic (exact) mass is 365 g/mol. The molecule has 0 aliphatic heterocycles. The standard InChI is InChI=1S/C20H16FN3OS/c1-2-25-16-9-5-14(6-10-16)18-12-24-19(23-18)17(11-22-20(24)26)13-3-7-15(21)8-4-13/h3-12,23H,2H2,1H3. The zero-order valence-electron chi connectivity index (χ0n) is 14.1. The third-order valence-corrected chi connectivity index (χ3v) is 4.45. The summed E-state index contributed by atoms with van der Waals surface area (Å²) < 4.78 is 21.0. The number of imidazole rings is 1. The molecule has 2 aromatic heterocycles. The molecule has 4 nitrogen and oxygen atoms in total. The van der Waals surface area contributed by atoms with Crippen LogP contribution in [0.5, 0.6) is 5.75 Å². The lowest BCUT2D eigenvalue weighted by Gasteiger charge is -2.04. The molecule has 1 N–H and O–H groups in total. The van der Waals surface area contributed by atoms with Crippen LogP contribution in [0.4, 0.5) is 4.39 Å². The average molecular weight is 365 g/mol. The minimum atomic E-state index is -0.271. The van der Waals surface area contributed by atoms with Gasteiger partial charge in [-0.05, 0) is 66.7 Å². The molecule has 0 unspecified atom stereocenters. The Labute approximate surface area is 154 Å². The minimum absolute atomic E-state index is 0.271. The van der Waals surface area contributed by atoms with Crippen LogP contribution in [0.15, 0.2) is 60.9 Å². The topological polar surface area (TPSA) is 42.3 Å². The third kappa shape index (κ3) is 2.99. The van der Waals surface area contributed by atoms with Crippen molar-refractivity contribution < 1.29 is 9.13 Å². The zero-order chi connectivity index (χ0) is 18.1. The number of hydrogen-bond donors (Lipinski definition) is 1. The quantitative estimate of drug-likeness (QED) is 0.501. The number of ether oxygens (including phenoxy) is 1. The van der Waals surface area contributed by atoms with Crippen molar-refractivity contribution in [2.75, 3.05) is 6.61 Å². The number of hydrogen-bond acceptors (Lipinski definition) is 3. The Balaban J connectivity index is 1.83. The Kier molecular flexibility index (Phi) is 4.26. The Hall–Kier alpha value is -2.99. The normalized spacial score (nSPS) is 11.0. The first-order chi connectivity index (χ1) is 12.7. The number of halogens is 1. The Bertz CT molecular complexity index is 1110. The van der Waals surface area contributed by atoms with Gasteiger partial charge in [-0.1, -0.05) is 12.1 Å². The molecule has 2 aromatic carbocycles. The molecule has 2 heterocycles. The Morgan fingerprint density at radius 1 is 1.08 bits per heavy atom. The molecule has 0 amide bonds. The van der Waals surface area contributed by atoms with Crippen molar-refractivity contribution in [2.24, 2.45) is 0 Å². The van der Waals surface area contributed by atoms with Gasteiger partial charge in [0.1, 0.15) is 17.2 Å². The highest BCUT2D eigenvalue weighted by molar-refractivity contribution is 7.71. The Morgan fingerprint density at radius 2 is 1.77 bits per heavy atom. The predicted octanol–water partition coefficient (Wildman–Crippen LogP) is 5.26. The lowest BCUT2D eigenvalue weighted by atomic mass is 10.1. The van der Waals surface area contributed by atoms with Crippen LogP contribution in [0.25, 0.3) is 28.0 Å². The molecule has 130 valence electrons. The highest BCUT2D eigenvalue weighted by atomic mass is 32.1. The number of rotatable bonds is 4. The highest BCUT2D eigenvalue weighted by Gasteiger charge is 2.10. The largest absolute Gasteiger partial charge is 0.494 e. The molecular formula is C20H16FN3OS. The van der Waals surface area contributed by atoms with E-state index in [0.717, 1.165) is 33.8 Å². The molecule has 26 heavy (non-hydrogen) atoms. The SMILES string of the molecule is CCOc1ccc(-c2cn3c(=S)ncc(-c4ccc(F)cc4)c3[nH]2)cc1. The van der Waals surface area contributed by atoms with Gasteiger partial charge in [-0.2, -0.15) is 0 Å². The number of aromatic amines is 1. The first-order valence-corrected chi connectivity index (χ1v) is 8.66. The third-order valence-electron chi connectivity index (χ3n) is 4.15. The van der Waals surface area contributed by atoms with Crippen molar-refractivity contribution in [3.05, 3.63) is 71.5 Å². The molecule has 0 saturated carbocycles. The summed E-state index contributed by atoms with van der Waals surface area (Å²) in [7, 11) is 0. The van der Waals surface area contributed by atoms with Gasteiger partial charge >= 0.3 is 0 Å². The van der Waals surface area contributed by atoms with Gasteiger partial charge in [-0.15, -0.1) is 0 Å². The summed E-state index contributed by atoms with van der Waals surface area (Å²) in [6, 6.07) is 14.2. The van der Waals surface area contributed by atoms with Crippen LogP contribution in [0.3, 0.4) is 0 Å². The van der Waals surface area contributed by atoms with E-state index in [0.29, 0.717) is 11.4 Å². The van der Waals surface area contributed by atoms with E-state index in [-0.39, 0.29) is 5.82 Å². The van der Waals surface area contributed by atoms with E-state index in [9.17, 15) is 4.39 Å². The van der Waals surface area contributed by atoms with Gasteiger partial charge in [-0.25, -0.2) is 9.37 Å². The number of fused-ring (bicyclic) bond motifs is 1. The maximum absolute atomic E-state index is 13.2. The number of H-pyrrole nitrogens is 1. The second kappa shape index (κ2) is 6.72. The molecule has 0 spiro atoms. The van der Waals surface area contributed by atoms with E-state index in [1.54, 1.807) is 18.3 Å². The smallest absolute Gasteiger partial charge is 0.205 e. The van der Waals surface area contributed by atoms with Crippen LogP contribution in [0, 0.1) is 10.6 Å². The van der Waals surface area contributed by atoms with Gasteiger partial charge in [0.15, 0.2) is 0 Å². The fourth-order valence-electron chi connectivity index (χ4n) is 2.89. The number of nitrogens with zero attached hydrogens (tertiary/aromatic N) is 2. The van der Waals surface area contributed by atoms with Crippen LogP contribution < -0.4 is 4.74 Å². The summed E-state index contributed by atoms with van der Waals surface area (Å²) in [5.74, 6) is 0.560. The van der Waals surface area contributed by atoms with Crippen LogP contribution in [0.2, 0.25) is 0 Å². The second-order valence-electron chi connectivity index (χ2n) is 5.81. The molecular weight excluding hydrogens is 349 g/mol. The number of benzene rings is 2. The van der Waals surface area contributed by atoms with E-state index >= 15 is 0 Å². The van der Waals surface area contributed by atoms with Gasteiger partial charge in [0, 0.05) is 18.0 Å². The van der Waals surface area contributed by atoms with Crippen molar-refractivity contribution in [2.45, 2.75) is 6.92 Å². The predicted molar refractivity (Wildman–Crippen MR) is 102 cm³/mol. The fraction of sp³-hybridized carbons (Fsp3) is 0.100. The van der Waals surface area contributed by atoms with Crippen LogP contribution in [-0.4, -0.2) is 21.0 Å². The molecule has 6 heteroatoms. The summed E-state index contributed by atoms with van der Waals surface area (Å²) in [4.78, 5) is 7.70. The van der Waals surface area contributed by atoms with Crippen molar-refractivity contribution in [1.82, 2.24) is 14.4 Å². The summed E-state index contributed by atoms with van der Waals surface area (Å²) in [6.45, 7) is 2.59. The van der Waals surface area contributed by atoms with Crippen LogP contribution in [0.1, 0.15) is 6.92 Å². The molecule has 0 bridgehead atoms. The van der Waals surface area contributed by atoms with Crippen molar-refractivity contribution in [1.29, 1.82) is 0 Å². The maximum atomic E-state index is 13.2. The van der Waals surface area contributed by atoms with Gasteiger partial charge in [-0.3, -0.25) is 4.40 Å². The van der Waals surface area contributed by atoms with Gasteiger partial charge in [0.05, 0.1) is 12.3 Å². The van der Waals surface area contributed by atoms with Crippen LogP contribution >= 0.6 is 12.2 Å².